The molecule has 1 aliphatic heterocycles. The highest BCUT2D eigenvalue weighted by molar-refractivity contribution is 5.97. The molecule has 1 aromatic carbocycles. The zero-order chi connectivity index (χ0) is 25.2. The number of nitrogens with zero attached hydrogens (tertiary/aromatic N) is 5. The molecule has 13 nitrogen and oxygen atoms in total. The third kappa shape index (κ3) is 4.12. The fourth-order valence-electron chi connectivity index (χ4n) is 4.01. The van der Waals surface area contributed by atoms with Gasteiger partial charge in [0.15, 0.2) is 11.9 Å². The molecule has 0 aliphatic carbocycles. The summed E-state index contributed by atoms with van der Waals surface area (Å²) >= 11 is 0. The van der Waals surface area contributed by atoms with Gasteiger partial charge in [0.25, 0.3) is 11.5 Å². The first-order chi connectivity index (χ1) is 17.5. The number of fused-ring (bicyclic) bond motifs is 1. The molecule has 13 heteroatoms. The first kappa shape index (κ1) is 23.0. The van der Waals surface area contributed by atoms with Gasteiger partial charge in [0.2, 0.25) is 0 Å². The standard InChI is InChI=1S/C23H23N9O4/c24-5-3-15(10-25)32-6-4-18(30-32)31-7-8-36-20(23(31)35)19(33)21-28-17-2-1-13(14-11-26-27-12-14)9-16(17)22(34)29-21/h1-6,9-12,19-20,33H,7-8,24-25H2,(H,26,27)(H,28,29,34)/b5-3-,15-10+. The van der Waals surface area contributed by atoms with E-state index >= 15 is 0 Å². The van der Waals surface area contributed by atoms with E-state index in [1.165, 1.54) is 22.0 Å². The number of aromatic amines is 2. The molecule has 1 aliphatic rings. The van der Waals surface area contributed by atoms with Crippen LogP contribution in [-0.2, 0) is 9.53 Å². The second-order valence-electron chi connectivity index (χ2n) is 7.97. The number of amides is 1. The molecule has 184 valence electrons. The summed E-state index contributed by atoms with van der Waals surface area (Å²) in [6.45, 7) is 0.375. The molecule has 0 bridgehead atoms. The molecular formula is C23H23N9O4. The van der Waals surface area contributed by atoms with Gasteiger partial charge < -0.3 is 26.3 Å². The average Bonchev–Trinajstić information content (AvgIpc) is 3.60. The Morgan fingerprint density at radius 3 is 2.86 bits per heavy atom. The van der Waals surface area contributed by atoms with E-state index < -0.39 is 23.7 Å². The molecule has 7 N–H and O–H groups in total. The Bertz CT molecular complexity index is 1520. The number of carbonyl (C=O) groups excluding carboxylic acids is 1. The van der Waals surface area contributed by atoms with Crippen LogP contribution in [0.25, 0.3) is 27.7 Å². The number of morpholine rings is 1. The summed E-state index contributed by atoms with van der Waals surface area (Å²) in [5, 5.41) is 22.3. The molecule has 2 atom stereocenters. The number of H-pyrrole nitrogens is 2. The smallest absolute Gasteiger partial charge is 0.280 e. The number of allylic oxidation sites excluding steroid dienone is 2. The molecule has 1 fully saturated rings. The van der Waals surface area contributed by atoms with E-state index in [-0.39, 0.29) is 19.0 Å². The van der Waals surface area contributed by atoms with Crippen molar-refractivity contribution in [1.29, 1.82) is 0 Å². The number of nitrogens with two attached hydrogens (primary N) is 2. The van der Waals surface area contributed by atoms with Crippen LogP contribution in [0.5, 0.6) is 0 Å². The lowest BCUT2D eigenvalue weighted by atomic mass is 10.1. The third-order valence-electron chi connectivity index (χ3n) is 5.81. The molecule has 0 saturated carbocycles. The number of nitrogens with one attached hydrogen (secondary N) is 2. The number of anilines is 1. The monoisotopic (exact) mass is 489 g/mol. The molecule has 1 saturated heterocycles. The first-order valence-corrected chi connectivity index (χ1v) is 11.0. The molecule has 1 amide bonds. The lowest BCUT2D eigenvalue weighted by molar-refractivity contribution is -0.143. The van der Waals surface area contributed by atoms with Gasteiger partial charge in [-0.2, -0.15) is 10.1 Å². The van der Waals surface area contributed by atoms with Crippen molar-refractivity contribution in [2.24, 2.45) is 11.5 Å². The van der Waals surface area contributed by atoms with Gasteiger partial charge in [-0.15, -0.1) is 5.10 Å². The number of aliphatic hydroxyl groups excluding tert-OH is 1. The zero-order valence-electron chi connectivity index (χ0n) is 18.9. The summed E-state index contributed by atoms with van der Waals surface area (Å²) in [5.41, 5.74) is 13.1. The van der Waals surface area contributed by atoms with Gasteiger partial charge in [0.05, 0.1) is 35.9 Å². The van der Waals surface area contributed by atoms with Crippen LogP contribution in [0.15, 0.2) is 66.1 Å². The van der Waals surface area contributed by atoms with Crippen LogP contribution < -0.4 is 21.9 Å². The van der Waals surface area contributed by atoms with Gasteiger partial charge in [0.1, 0.15) is 11.9 Å². The molecule has 2 unspecified atom stereocenters. The topological polar surface area (TPSA) is 194 Å². The number of aromatic nitrogens is 6. The SMILES string of the molecule is N/C=C\C(=C/N)n1ccc(N2CCOC(C(O)c3nc(=O)c4cc(-c5cn[nH]c5)ccc4[nH]3)C2=O)n1. The summed E-state index contributed by atoms with van der Waals surface area (Å²) in [6, 6.07) is 6.84. The minimum atomic E-state index is -1.51. The average molecular weight is 489 g/mol. The van der Waals surface area contributed by atoms with E-state index in [0.717, 1.165) is 11.1 Å². The molecule has 36 heavy (non-hydrogen) atoms. The van der Waals surface area contributed by atoms with Crippen LogP contribution in [0.3, 0.4) is 0 Å². The summed E-state index contributed by atoms with van der Waals surface area (Å²) in [7, 11) is 0. The highest BCUT2D eigenvalue weighted by atomic mass is 16.5. The lowest BCUT2D eigenvalue weighted by Crippen LogP contribution is -2.50. The number of rotatable bonds is 6. The van der Waals surface area contributed by atoms with Gasteiger partial charge in [-0.05, 0) is 30.0 Å². The van der Waals surface area contributed by atoms with Crippen molar-refractivity contribution >= 4 is 28.3 Å². The van der Waals surface area contributed by atoms with Crippen LogP contribution in [0.2, 0.25) is 0 Å². The summed E-state index contributed by atoms with van der Waals surface area (Å²) in [5.74, 6) is -0.252. The molecule has 3 aromatic heterocycles. The van der Waals surface area contributed by atoms with Crippen LogP contribution in [0, 0.1) is 0 Å². The normalized spacial score (nSPS) is 17.8. The minimum Gasteiger partial charge on any atom is -0.405 e. The van der Waals surface area contributed by atoms with Crippen molar-refractivity contribution in [3.8, 4) is 11.1 Å². The van der Waals surface area contributed by atoms with E-state index in [4.69, 9.17) is 16.2 Å². The Labute approximate surface area is 203 Å². The number of benzene rings is 1. The fourth-order valence-corrected chi connectivity index (χ4v) is 4.01. The van der Waals surface area contributed by atoms with Crippen molar-refractivity contribution in [3.05, 3.63) is 77.5 Å². The highest BCUT2D eigenvalue weighted by Crippen LogP contribution is 2.26. The van der Waals surface area contributed by atoms with Gasteiger partial charge in [-0.3, -0.25) is 19.6 Å². The molecular weight excluding hydrogens is 466 g/mol. The second kappa shape index (κ2) is 9.48. The lowest BCUT2D eigenvalue weighted by Gasteiger charge is -2.32. The fraction of sp³-hybridized carbons (Fsp3) is 0.174. The number of aliphatic hydroxyl groups is 1. The number of hydrogen-bond donors (Lipinski definition) is 5. The Balaban J connectivity index is 1.41. The van der Waals surface area contributed by atoms with Crippen LogP contribution >= 0.6 is 0 Å². The maximum Gasteiger partial charge on any atom is 0.280 e. The second-order valence-corrected chi connectivity index (χ2v) is 7.97. The summed E-state index contributed by atoms with van der Waals surface area (Å²) < 4.78 is 7.05. The summed E-state index contributed by atoms with van der Waals surface area (Å²) in [6.07, 6.45) is 6.39. The predicted octanol–water partition coefficient (Wildman–Crippen LogP) is 0.205. The Hall–Kier alpha value is -4.75. The minimum absolute atomic E-state index is 0.0734. The molecule has 4 aromatic rings. The van der Waals surface area contributed by atoms with Crippen molar-refractivity contribution in [2.45, 2.75) is 12.2 Å². The van der Waals surface area contributed by atoms with Gasteiger partial charge in [0, 0.05) is 30.2 Å². The van der Waals surface area contributed by atoms with Crippen molar-refractivity contribution < 1.29 is 14.6 Å². The van der Waals surface area contributed by atoms with Gasteiger partial charge in [-0.1, -0.05) is 6.07 Å². The van der Waals surface area contributed by atoms with E-state index in [2.05, 4.69) is 25.3 Å². The maximum atomic E-state index is 13.2. The third-order valence-corrected chi connectivity index (χ3v) is 5.81. The molecule has 0 spiro atoms. The van der Waals surface area contributed by atoms with E-state index in [0.29, 0.717) is 22.4 Å². The van der Waals surface area contributed by atoms with Gasteiger partial charge >= 0.3 is 0 Å². The molecule has 0 radical (unpaired) electrons. The Kier molecular flexibility index (Phi) is 6.06. The summed E-state index contributed by atoms with van der Waals surface area (Å²) in [4.78, 5) is 34.4. The number of hydrogen-bond acceptors (Lipinski definition) is 9. The van der Waals surface area contributed by atoms with Gasteiger partial charge in [-0.25, -0.2) is 4.68 Å². The largest absolute Gasteiger partial charge is 0.405 e. The first-order valence-electron chi connectivity index (χ1n) is 11.0. The number of ether oxygens (including phenoxy) is 1. The zero-order valence-corrected chi connectivity index (χ0v) is 18.9. The van der Waals surface area contributed by atoms with Crippen molar-refractivity contribution in [3.63, 3.8) is 0 Å². The van der Waals surface area contributed by atoms with E-state index in [1.807, 2.05) is 6.07 Å². The van der Waals surface area contributed by atoms with Crippen LogP contribution in [-0.4, -0.2) is 60.2 Å². The number of carbonyl (C=O) groups is 1. The molecule has 5 rings (SSSR count). The van der Waals surface area contributed by atoms with Crippen molar-refractivity contribution in [2.75, 3.05) is 18.1 Å². The predicted molar refractivity (Wildman–Crippen MR) is 131 cm³/mol. The van der Waals surface area contributed by atoms with E-state index in [9.17, 15) is 14.7 Å². The Morgan fingerprint density at radius 1 is 1.25 bits per heavy atom. The Morgan fingerprint density at radius 2 is 2.11 bits per heavy atom. The maximum absolute atomic E-state index is 13.2. The molecule has 4 heterocycles. The highest BCUT2D eigenvalue weighted by Gasteiger charge is 2.38. The quantitative estimate of drug-likeness (QED) is 0.235. The van der Waals surface area contributed by atoms with E-state index in [1.54, 1.807) is 42.9 Å². The van der Waals surface area contributed by atoms with Crippen LogP contribution in [0.1, 0.15) is 11.9 Å². The van der Waals surface area contributed by atoms with Crippen molar-refractivity contribution in [1.82, 2.24) is 29.9 Å². The van der Waals surface area contributed by atoms with Crippen LogP contribution in [0.4, 0.5) is 5.82 Å².